The number of fused-ring (bicyclic) bond motifs is 1. The molecule has 0 radical (unpaired) electrons. The number of anilines is 1. The number of nitrogens with zero attached hydrogens (tertiary/aromatic N) is 1. The molecule has 0 spiro atoms. The molecule has 0 unspecified atom stereocenters. The zero-order valence-electron chi connectivity index (χ0n) is 15.8. The van der Waals surface area contributed by atoms with Gasteiger partial charge in [0, 0.05) is 22.7 Å². The molecule has 1 aromatic heterocycles. The molecule has 5 nitrogen and oxygen atoms in total. The molecule has 3 aromatic carbocycles. The maximum absolute atomic E-state index is 12.7. The van der Waals surface area contributed by atoms with E-state index in [1.807, 2.05) is 72.8 Å². The van der Waals surface area contributed by atoms with E-state index in [0.29, 0.717) is 10.9 Å². The first kappa shape index (κ1) is 19.0. The van der Waals surface area contributed by atoms with Crippen molar-refractivity contribution in [3.8, 4) is 11.3 Å². The highest BCUT2D eigenvalue weighted by Gasteiger charge is 2.17. The lowest BCUT2D eigenvalue weighted by Gasteiger charge is -2.13. The van der Waals surface area contributed by atoms with Gasteiger partial charge in [-0.3, -0.25) is 9.59 Å². The Morgan fingerprint density at radius 2 is 1.72 bits per heavy atom. The third-order valence-corrected chi connectivity index (χ3v) is 5.48. The van der Waals surface area contributed by atoms with Crippen molar-refractivity contribution < 1.29 is 4.79 Å². The van der Waals surface area contributed by atoms with Gasteiger partial charge in [0.05, 0.1) is 10.9 Å². The van der Waals surface area contributed by atoms with Crippen molar-refractivity contribution >= 4 is 34.1 Å². The first-order valence-corrected chi connectivity index (χ1v) is 10.1. The highest BCUT2D eigenvalue weighted by molar-refractivity contribution is 8.00. The van der Waals surface area contributed by atoms with Crippen LogP contribution in [0.15, 0.2) is 88.8 Å². The molecular formula is C23H19N3O2S. The minimum absolute atomic E-state index is 0.154. The second-order valence-corrected chi connectivity index (χ2v) is 7.91. The Balaban J connectivity index is 1.53. The summed E-state index contributed by atoms with van der Waals surface area (Å²) in [5, 5.41) is 5.01. The van der Waals surface area contributed by atoms with Crippen LogP contribution >= 0.6 is 11.8 Å². The quantitative estimate of drug-likeness (QED) is 0.375. The number of rotatable bonds is 5. The number of amides is 1. The summed E-state index contributed by atoms with van der Waals surface area (Å²) in [5.74, 6) is -0.154. The van der Waals surface area contributed by atoms with Crippen molar-refractivity contribution in [2.45, 2.75) is 17.3 Å². The number of hydrogen-bond donors (Lipinski definition) is 2. The van der Waals surface area contributed by atoms with Crippen LogP contribution < -0.4 is 10.9 Å². The van der Waals surface area contributed by atoms with E-state index in [1.54, 1.807) is 6.92 Å². The lowest BCUT2D eigenvalue weighted by molar-refractivity contribution is -0.115. The number of nitrogens with one attached hydrogen (secondary N) is 2. The Kier molecular flexibility index (Phi) is 5.44. The standard InChI is InChI=1S/C23H19N3O2S/c1-15(22(28)24-19-13-7-11-16-8-5-6-12-18(16)19)29-23-25-20(14-21(27)26-23)17-9-3-2-4-10-17/h2-15H,1H3,(H,24,28)(H,25,26,27)/t15-/m0/s1. The lowest BCUT2D eigenvalue weighted by Crippen LogP contribution is -2.23. The molecule has 1 amide bonds. The van der Waals surface area contributed by atoms with Crippen LogP contribution in [0.3, 0.4) is 0 Å². The normalized spacial score (nSPS) is 11.9. The van der Waals surface area contributed by atoms with E-state index in [-0.39, 0.29) is 11.5 Å². The van der Waals surface area contributed by atoms with E-state index in [0.717, 1.165) is 22.0 Å². The molecule has 4 aromatic rings. The number of H-pyrrole nitrogens is 1. The number of thioether (sulfide) groups is 1. The van der Waals surface area contributed by atoms with Gasteiger partial charge in [-0.2, -0.15) is 0 Å². The molecule has 6 heteroatoms. The van der Waals surface area contributed by atoms with E-state index in [4.69, 9.17) is 0 Å². The molecule has 4 rings (SSSR count). The molecule has 1 heterocycles. The lowest BCUT2D eigenvalue weighted by atomic mass is 10.1. The van der Waals surface area contributed by atoms with Crippen LogP contribution in [0, 0.1) is 0 Å². The Labute approximate surface area is 172 Å². The fraction of sp³-hybridized carbons (Fsp3) is 0.0870. The van der Waals surface area contributed by atoms with Crippen LogP contribution in [0.25, 0.3) is 22.0 Å². The number of hydrogen-bond acceptors (Lipinski definition) is 4. The van der Waals surface area contributed by atoms with Gasteiger partial charge in [0.25, 0.3) is 5.56 Å². The zero-order valence-corrected chi connectivity index (χ0v) is 16.6. The van der Waals surface area contributed by atoms with Gasteiger partial charge in [0.15, 0.2) is 5.16 Å². The second kappa shape index (κ2) is 8.32. The second-order valence-electron chi connectivity index (χ2n) is 6.58. The van der Waals surface area contributed by atoms with Crippen LogP contribution in [-0.4, -0.2) is 21.1 Å². The first-order chi connectivity index (χ1) is 14.1. The van der Waals surface area contributed by atoms with Gasteiger partial charge in [0.2, 0.25) is 5.91 Å². The van der Waals surface area contributed by atoms with Gasteiger partial charge in [0.1, 0.15) is 0 Å². The number of aromatic nitrogens is 2. The smallest absolute Gasteiger partial charge is 0.252 e. The van der Waals surface area contributed by atoms with Gasteiger partial charge < -0.3 is 10.3 Å². The van der Waals surface area contributed by atoms with Crippen LogP contribution in [0.1, 0.15) is 6.92 Å². The molecule has 0 fully saturated rings. The van der Waals surface area contributed by atoms with Crippen molar-refractivity contribution in [3.05, 3.63) is 89.2 Å². The third-order valence-electron chi connectivity index (χ3n) is 4.49. The van der Waals surface area contributed by atoms with Crippen LogP contribution in [0.2, 0.25) is 0 Å². The Morgan fingerprint density at radius 3 is 2.55 bits per heavy atom. The Hall–Kier alpha value is -3.38. The van der Waals surface area contributed by atoms with Gasteiger partial charge >= 0.3 is 0 Å². The summed E-state index contributed by atoms with van der Waals surface area (Å²) >= 11 is 1.22. The van der Waals surface area contributed by atoms with Crippen molar-refractivity contribution in [2.75, 3.05) is 5.32 Å². The van der Waals surface area contributed by atoms with E-state index >= 15 is 0 Å². The summed E-state index contributed by atoms with van der Waals surface area (Å²) < 4.78 is 0. The number of carbonyl (C=O) groups is 1. The van der Waals surface area contributed by atoms with Crippen molar-refractivity contribution in [1.82, 2.24) is 9.97 Å². The molecule has 0 saturated heterocycles. The summed E-state index contributed by atoms with van der Waals surface area (Å²) in [5.41, 5.74) is 1.95. The van der Waals surface area contributed by atoms with Gasteiger partial charge in [-0.15, -0.1) is 0 Å². The Morgan fingerprint density at radius 1 is 1.00 bits per heavy atom. The minimum Gasteiger partial charge on any atom is -0.325 e. The van der Waals surface area contributed by atoms with Gasteiger partial charge in [-0.1, -0.05) is 78.5 Å². The van der Waals surface area contributed by atoms with Crippen molar-refractivity contribution in [2.24, 2.45) is 0 Å². The predicted octanol–water partition coefficient (Wildman–Crippen LogP) is 4.71. The van der Waals surface area contributed by atoms with Gasteiger partial charge in [-0.05, 0) is 18.4 Å². The highest BCUT2D eigenvalue weighted by Crippen LogP contribution is 2.26. The van der Waals surface area contributed by atoms with Crippen LogP contribution in [0.5, 0.6) is 0 Å². The first-order valence-electron chi connectivity index (χ1n) is 9.22. The summed E-state index contributed by atoms with van der Waals surface area (Å²) in [6.07, 6.45) is 0. The van der Waals surface area contributed by atoms with Crippen LogP contribution in [-0.2, 0) is 4.79 Å². The third kappa shape index (κ3) is 4.38. The molecular weight excluding hydrogens is 382 g/mol. The SMILES string of the molecule is C[C@H](Sc1nc(-c2ccccc2)cc(=O)[nH]1)C(=O)Nc1cccc2ccccc12. The molecule has 0 saturated carbocycles. The molecule has 0 bridgehead atoms. The zero-order chi connectivity index (χ0) is 20.2. The monoisotopic (exact) mass is 401 g/mol. The molecule has 1 atom stereocenters. The predicted molar refractivity (Wildman–Crippen MR) is 118 cm³/mol. The molecule has 144 valence electrons. The van der Waals surface area contributed by atoms with Crippen molar-refractivity contribution in [1.29, 1.82) is 0 Å². The van der Waals surface area contributed by atoms with E-state index in [9.17, 15) is 9.59 Å². The minimum atomic E-state index is -0.442. The Bertz CT molecular complexity index is 1220. The molecule has 0 aliphatic carbocycles. The summed E-state index contributed by atoms with van der Waals surface area (Å²) in [6.45, 7) is 1.79. The van der Waals surface area contributed by atoms with E-state index in [1.165, 1.54) is 17.8 Å². The molecule has 0 aliphatic heterocycles. The topological polar surface area (TPSA) is 74.8 Å². The molecule has 2 N–H and O–H groups in total. The summed E-state index contributed by atoms with van der Waals surface area (Å²) in [7, 11) is 0. The molecule has 0 aliphatic rings. The largest absolute Gasteiger partial charge is 0.325 e. The van der Waals surface area contributed by atoms with E-state index < -0.39 is 5.25 Å². The molecule has 29 heavy (non-hydrogen) atoms. The fourth-order valence-corrected chi connectivity index (χ4v) is 3.85. The van der Waals surface area contributed by atoms with E-state index in [2.05, 4.69) is 15.3 Å². The number of benzene rings is 3. The number of aromatic amines is 1. The average molecular weight is 401 g/mol. The highest BCUT2D eigenvalue weighted by atomic mass is 32.2. The maximum atomic E-state index is 12.7. The fourth-order valence-electron chi connectivity index (χ4n) is 3.04. The summed E-state index contributed by atoms with van der Waals surface area (Å²) in [4.78, 5) is 32.0. The average Bonchev–Trinajstić information content (AvgIpc) is 2.74. The van der Waals surface area contributed by atoms with Crippen molar-refractivity contribution in [3.63, 3.8) is 0 Å². The summed E-state index contributed by atoms with van der Waals surface area (Å²) in [6, 6.07) is 24.6. The number of carbonyl (C=O) groups excluding carboxylic acids is 1. The van der Waals surface area contributed by atoms with Crippen LogP contribution in [0.4, 0.5) is 5.69 Å². The maximum Gasteiger partial charge on any atom is 0.252 e. The van der Waals surface area contributed by atoms with Gasteiger partial charge in [-0.25, -0.2) is 4.98 Å².